The summed E-state index contributed by atoms with van der Waals surface area (Å²) in [6.07, 6.45) is 8.67. The number of carbonyl (C=O) groups excluding carboxylic acids is 1. The Hall–Kier alpha value is -0.570. The van der Waals surface area contributed by atoms with Gasteiger partial charge in [0.15, 0.2) is 0 Å². The predicted octanol–water partition coefficient (Wildman–Crippen LogP) is 2.79. The standard InChI is InChI=1S/C15H30N2O/c1-3-5-6-13-7-9-14(10-8-13)15(18)17(4-2)12-11-16/h13-14H,3-12,16H2,1-2H3. The van der Waals surface area contributed by atoms with E-state index in [4.69, 9.17) is 5.73 Å². The maximum absolute atomic E-state index is 12.3. The van der Waals surface area contributed by atoms with E-state index in [1.807, 2.05) is 11.8 Å². The molecule has 0 saturated heterocycles. The molecule has 1 aliphatic carbocycles. The van der Waals surface area contributed by atoms with Crippen LogP contribution in [0, 0.1) is 11.8 Å². The molecule has 0 radical (unpaired) electrons. The van der Waals surface area contributed by atoms with E-state index in [1.165, 1.54) is 32.1 Å². The van der Waals surface area contributed by atoms with Gasteiger partial charge in [-0.3, -0.25) is 4.79 Å². The SMILES string of the molecule is CCCCC1CCC(C(=O)N(CC)CCN)CC1. The zero-order chi connectivity index (χ0) is 13.4. The van der Waals surface area contributed by atoms with Crippen LogP contribution in [0.15, 0.2) is 0 Å². The van der Waals surface area contributed by atoms with Crippen LogP contribution in [0.1, 0.15) is 58.8 Å². The highest BCUT2D eigenvalue weighted by Gasteiger charge is 2.28. The van der Waals surface area contributed by atoms with E-state index in [0.29, 0.717) is 19.0 Å². The maximum Gasteiger partial charge on any atom is 0.225 e. The first kappa shape index (κ1) is 15.5. The lowest BCUT2D eigenvalue weighted by molar-refractivity contribution is -0.136. The number of rotatable bonds is 7. The highest BCUT2D eigenvalue weighted by Crippen LogP contribution is 2.32. The van der Waals surface area contributed by atoms with Gasteiger partial charge < -0.3 is 10.6 Å². The molecule has 1 fully saturated rings. The lowest BCUT2D eigenvalue weighted by Gasteiger charge is -2.31. The van der Waals surface area contributed by atoms with Gasteiger partial charge >= 0.3 is 0 Å². The molecular weight excluding hydrogens is 224 g/mol. The first-order valence-electron chi connectivity index (χ1n) is 7.71. The molecule has 3 heteroatoms. The average Bonchev–Trinajstić information content (AvgIpc) is 2.42. The molecule has 0 unspecified atom stereocenters. The van der Waals surface area contributed by atoms with Crippen molar-refractivity contribution in [3.8, 4) is 0 Å². The van der Waals surface area contributed by atoms with Crippen LogP contribution < -0.4 is 5.73 Å². The minimum absolute atomic E-state index is 0.273. The summed E-state index contributed by atoms with van der Waals surface area (Å²) >= 11 is 0. The van der Waals surface area contributed by atoms with E-state index in [9.17, 15) is 4.79 Å². The predicted molar refractivity (Wildman–Crippen MR) is 76.3 cm³/mol. The molecule has 1 aliphatic rings. The van der Waals surface area contributed by atoms with E-state index >= 15 is 0 Å². The minimum Gasteiger partial charge on any atom is -0.341 e. The first-order chi connectivity index (χ1) is 8.72. The van der Waals surface area contributed by atoms with Crippen LogP contribution in [-0.4, -0.2) is 30.4 Å². The Morgan fingerprint density at radius 1 is 1.22 bits per heavy atom. The van der Waals surface area contributed by atoms with Crippen LogP contribution in [-0.2, 0) is 4.79 Å². The number of nitrogens with two attached hydrogens (primary N) is 1. The Balaban J connectivity index is 2.34. The van der Waals surface area contributed by atoms with Gasteiger partial charge in [-0.1, -0.05) is 26.2 Å². The van der Waals surface area contributed by atoms with Crippen LogP contribution >= 0.6 is 0 Å². The van der Waals surface area contributed by atoms with Gasteiger partial charge in [0.25, 0.3) is 0 Å². The van der Waals surface area contributed by atoms with Crippen LogP contribution in [0.25, 0.3) is 0 Å². The molecular formula is C15H30N2O. The Labute approximate surface area is 112 Å². The van der Waals surface area contributed by atoms with Gasteiger partial charge in [-0.15, -0.1) is 0 Å². The second kappa shape index (κ2) is 8.52. The van der Waals surface area contributed by atoms with E-state index in [-0.39, 0.29) is 5.92 Å². The second-order valence-corrected chi connectivity index (χ2v) is 5.57. The molecule has 0 atom stereocenters. The van der Waals surface area contributed by atoms with Crippen molar-refractivity contribution in [1.82, 2.24) is 4.90 Å². The number of amides is 1. The molecule has 1 amide bonds. The van der Waals surface area contributed by atoms with Gasteiger partial charge in [0.05, 0.1) is 0 Å². The van der Waals surface area contributed by atoms with Gasteiger partial charge in [0.2, 0.25) is 5.91 Å². The molecule has 0 aliphatic heterocycles. The van der Waals surface area contributed by atoms with Gasteiger partial charge in [0, 0.05) is 25.6 Å². The van der Waals surface area contributed by atoms with E-state index in [0.717, 1.165) is 25.3 Å². The van der Waals surface area contributed by atoms with Crippen molar-refractivity contribution < 1.29 is 4.79 Å². The summed E-state index contributed by atoms with van der Waals surface area (Å²) in [7, 11) is 0. The summed E-state index contributed by atoms with van der Waals surface area (Å²) in [6.45, 7) is 6.38. The fraction of sp³-hybridized carbons (Fsp3) is 0.933. The van der Waals surface area contributed by atoms with Crippen molar-refractivity contribution in [2.24, 2.45) is 17.6 Å². The number of unbranched alkanes of at least 4 members (excludes halogenated alkanes) is 1. The monoisotopic (exact) mass is 254 g/mol. The smallest absolute Gasteiger partial charge is 0.225 e. The Bertz CT molecular complexity index is 235. The lowest BCUT2D eigenvalue weighted by Crippen LogP contribution is -2.40. The summed E-state index contributed by atoms with van der Waals surface area (Å²) in [5, 5.41) is 0. The summed E-state index contributed by atoms with van der Waals surface area (Å²) in [4.78, 5) is 14.2. The Morgan fingerprint density at radius 3 is 2.39 bits per heavy atom. The summed E-state index contributed by atoms with van der Waals surface area (Å²) in [6, 6.07) is 0. The van der Waals surface area contributed by atoms with Gasteiger partial charge in [0.1, 0.15) is 0 Å². The molecule has 0 bridgehead atoms. The van der Waals surface area contributed by atoms with Crippen molar-refractivity contribution >= 4 is 5.91 Å². The largest absolute Gasteiger partial charge is 0.341 e. The fourth-order valence-corrected chi connectivity index (χ4v) is 3.03. The van der Waals surface area contributed by atoms with Crippen molar-refractivity contribution in [1.29, 1.82) is 0 Å². The highest BCUT2D eigenvalue weighted by molar-refractivity contribution is 5.78. The minimum atomic E-state index is 0.273. The van der Waals surface area contributed by atoms with Crippen LogP contribution in [0.3, 0.4) is 0 Å². The molecule has 18 heavy (non-hydrogen) atoms. The molecule has 1 saturated carbocycles. The van der Waals surface area contributed by atoms with Gasteiger partial charge in [-0.05, 0) is 38.5 Å². The molecule has 0 aromatic rings. The lowest BCUT2D eigenvalue weighted by atomic mass is 9.79. The van der Waals surface area contributed by atoms with E-state index < -0.39 is 0 Å². The molecule has 0 spiro atoms. The molecule has 0 heterocycles. The molecule has 0 aromatic heterocycles. The highest BCUT2D eigenvalue weighted by atomic mass is 16.2. The van der Waals surface area contributed by atoms with Crippen molar-refractivity contribution in [3.05, 3.63) is 0 Å². The molecule has 0 aromatic carbocycles. The second-order valence-electron chi connectivity index (χ2n) is 5.57. The number of carbonyl (C=O) groups is 1. The van der Waals surface area contributed by atoms with Crippen LogP contribution in [0.5, 0.6) is 0 Å². The molecule has 3 nitrogen and oxygen atoms in total. The summed E-state index contributed by atoms with van der Waals surface area (Å²) < 4.78 is 0. The van der Waals surface area contributed by atoms with Crippen molar-refractivity contribution in [2.45, 2.75) is 58.8 Å². The van der Waals surface area contributed by atoms with E-state index in [2.05, 4.69) is 6.92 Å². The topological polar surface area (TPSA) is 46.3 Å². The van der Waals surface area contributed by atoms with Gasteiger partial charge in [-0.2, -0.15) is 0 Å². The molecule has 2 N–H and O–H groups in total. The third kappa shape index (κ3) is 4.60. The summed E-state index contributed by atoms with van der Waals surface area (Å²) in [5.41, 5.74) is 5.56. The third-order valence-electron chi connectivity index (χ3n) is 4.25. The Morgan fingerprint density at radius 2 is 1.89 bits per heavy atom. The summed E-state index contributed by atoms with van der Waals surface area (Å²) in [5.74, 6) is 1.49. The maximum atomic E-state index is 12.3. The number of hydrogen-bond acceptors (Lipinski definition) is 2. The van der Waals surface area contributed by atoms with Crippen LogP contribution in [0.4, 0.5) is 0 Å². The number of hydrogen-bond donors (Lipinski definition) is 1. The Kier molecular flexibility index (Phi) is 7.33. The first-order valence-corrected chi connectivity index (χ1v) is 7.71. The van der Waals surface area contributed by atoms with E-state index in [1.54, 1.807) is 0 Å². The zero-order valence-corrected chi connectivity index (χ0v) is 12.2. The zero-order valence-electron chi connectivity index (χ0n) is 12.2. The number of nitrogens with zero attached hydrogens (tertiary/aromatic N) is 1. The third-order valence-corrected chi connectivity index (χ3v) is 4.25. The normalized spacial score (nSPS) is 23.9. The molecule has 106 valence electrons. The van der Waals surface area contributed by atoms with Crippen molar-refractivity contribution in [2.75, 3.05) is 19.6 Å². The van der Waals surface area contributed by atoms with Crippen LogP contribution in [0.2, 0.25) is 0 Å². The molecule has 1 rings (SSSR count). The van der Waals surface area contributed by atoms with Crippen molar-refractivity contribution in [3.63, 3.8) is 0 Å². The fourth-order valence-electron chi connectivity index (χ4n) is 3.03. The quantitative estimate of drug-likeness (QED) is 0.759. The van der Waals surface area contributed by atoms with Gasteiger partial charge in [-0.25, -0.2) is 0 Å². The number of likely N-dealkylation sites (N-methyl/N-ethyl adjacent to an activating group) is 1. The average molecular weight is 254 g/mol.